The topological polar surface area (TPSA) is 54.5 Å². The molecule has 1 fully saturated rings. The fourth-order valence-corrected chi connectivity index (χ4v) is 3.07. The van der Waals surface area contributed by atoms with E-state index < -0.39 is 0 Å². The van der Waals surface area contributed by atoms with Crippen molar-refractivity contribution in [1.29, 1.82) is 0 Å². The van der Waals surface area contributed by atoms with Gasteiger partial charge in [0.15, 0.2) is 0 Å². The largest absolute Gasteiger partial charge is 0.378 e. The van der Waals surface area contributed by atoms with E-state index >= 15 is 0 Å². The smallest absolute Gasteiger partial charge is 0.220 e. The van der Waals surface area contributed by atoms with Gasteiger partial charge in [0.1, 0.15) is 5.82 Å². The van der Waals surface area contributed by atoms with Crippen LogP contribution in [0.5, 0.6) is 0 Å². The Morgan fingerprint density at radius 3 is 2.72 bits per heavy atom. The van der Waals surface area contributed by atoms with Crippen LogP contribution in [0, 0.1) is 0 Å². The molecule has 0 saturated carbocycles. The van der Waals surface area contributed by atoms with Gasteiger partial charge in [-0.3, -0.25) is 4.79 Å². The lowest BCUT2D eigenvalue weighted by Gasteiger charge is -2.29. The first-order chi connectivity index (χ1) is 12.2. The van der Waals surface area contributed by atoms with E-state index in [1.54, 1.807) is 6.20 Å². The van der Waals surface area contributed by atoms with Gasteiger partial charge in [0.25, 0.3) is 0 Å². The maximum absolute atomic E-state index is 12.3. The summed E-state index contributed by atoms with van der Waals surface area (Å²) >= 11 is 0. The standard InChI is InChI=1S/C20H25N3O2/c1-16(17-6-3-2-4-7-17)14-19(24)22-15-18-8-5-9-21-20(18)23-10-12-25-13-11-23/h2-9,16H,10-15H2,1H3,(H,22,24). The molecule has 3 rings (SSSR count). The molecule has 0 radical (unpaired) electrons. The highest BCUT2D eigenvalue weighted by molar-refractivity contribution is 5.77. The Morgan fingerprint density at radius 2 is 1.96 bits per heavy atom. The number of rotatable bonds is 6. The summed E-state index contributed by atoms with van der Waals surface area (Å²) in [6, 6.07) is 14.1. The fraction of sp³-hybridized carbons (Fsp3) is 0.400. The van der Waals surface area contributed by atoms with E-state index in [9.17, 15) is 4.79 Å². The Hall–Kier alpha value is -2.40. The first-order valence-corrected chi connectivity index (χ1v) is 8.82. The van der Waals surface area contributed by atoms with E-state index in [4.69, 9.17) is 4.74 Å². The van der Waals surface area contributed by atoms with Gasteiger partial charge in [0.05, 0.1) is 13.2 Å². The highest BCUT2D eigenvalue weighted by Crippen LogP contribution is 2.20. The normalized spacial score (nSPS) is 15.6. The predicted molar refractivity (Wildman–Crippen MR) is 98.6 cm³/mol. The van der Waals surface area contributed by atoms with Crippen LogP contribution >= 0.6 is 0 Å². The number of morpholine rings is 1. The molecular formula is C20H25N3O2. The number of benzene rings is 1. The van der Waals surface area contributed by atoms with Gasteiger partial charge in [-0.15, -0.1) is 0 Å². The number of carbonyl (C=O) groups excluding carboxylic acids is 1. The molecule has 5 heteroatoms. The van der Waals surface area contributed by atoms with Gasteiger partial charge < -0.3 is 15.0 Å². The lowest BCUT2D eigenvalue weighted by molar-refractivity contribution is -0.121. The van der Waals surface area contributed by atoms with Crippen molar-refractivity contribution in [3.63, 3.8) is 0 Å². The zero-order chi connectivity index (χ0) is 17.5. The Kier molecular flexibility index (Phi) is 6.01. The molecule has 1 saturated heterocycles. The van der Waals surface area contributed by atoms with Crippen LogP contribution in [0.25, 0.3) is 0 Å². The predicted octanol–water partition coefficient (Wildman–Crippen LogP) is 2.73. The fourth-order valence-electron chi connectivity index (χ4n) is 3.07. The number of nitrogens with one attached hydrogen (secondary N) is 1. The highest BCUT2D eigenvalue weighted by atomic mass is 16.5. The molecule has 0 aliphatic carbocycles. The minimum atomic E-state index is 0.0631. The number of aromatic nitrogens is 1. The average molecular weight is 339 g/mol. The van der Waals surface area contributed by atoms with Crippen molar-refractivity contribution in [1.82, 2.24) is 10.3 Å². The number of anilines is 1. The number of hydrogen-bond acceptors (Lipinski definition) is 4. The van der Waals surface area contributed by atoms with E-state index in [0.717, 1.165) is 37.7 Å². The summed E-state index contributed by atoms with van der Waals surface area (Å²) in [6.45, 7) is 5.69. The molecule has 0 spiro atoms. The van der Waals surface area contributed by atoms with E-state index in [0.29, 0.717) is 13.0 Å². The van der Waals surface area contributed by atoms with Crippen molar-refractivity contribution in [3.05, 3.63) is 59.8 Å². The van der Waals surface area contributed by atoms with Gasteiger partial charge in [-0.2, -0.15) is 0 Å². The second-order valence-electron chi connectivity index (χ2n) is 6.38. The highest BCUT2D eigenvalue weighted by Gasteiger charge is 2.17. The van der Waals surface area contributed by atoms with Gasteiger partial charge in [-0.25, -0.2) is 4.98 Å². The molecule has 5 nitrogen and oxygen atoms in total. The van der Waals surface area contributed by atoms with Crippen LogP contribution in [0.2, 0.25) is 0 Å². The third kappa shape index (κ3) is 4.79. The SMILES string of the molecule is CC(CC(=O)NCc1cccnc1N1CCOCC1)c1ccccc1. The maximum atomic E-state index is 12.3. The quantitative estimate of drug-likeness (QED) is 0.879. The lowest BCUT2D eigenvalue weighted by Crippen LogP contribution is -2.37. The van der Waals surface area contributed by atoms with Gasteiger partial charge >= 0.3 is 0 Å². The Balaban J connectivity index is 1.57. The molecule has 1 atom stereocenters. The molecule has 0 bridgehead atoms. The van der Waals surface area contributed by atoms with Crippen molar-refractivity contribution >= 4 is 11.7 Å². The minimum Gasteiger partial charge on any atom is -0.378 e. The van der Waals surface area contributed by atoms with Gasteiger partial charge in [0, 0.05) is 37.8 Å². The molecule has 1 N–H and O–H groups in total. The number of nitrogens with zero attached hydrogens (tertiary/aromatic N) is 2. The monoisotopic (exact) mass is 339 g/mol. The summed E-state index contributed by atoms with van der Waals surface area (Å²) in [6.07, 6.45) is 2.28. The molecular weight excluding hydrogens is 314 g/mol. The van der Waals surface area contributed by atoms with Crippen LogP contribution in [0.15, 0.2) is 48.7 Å². The van der Waals surface area contributed by atoms with Crippen LogP contribution in [0.1, 0.15) is 30.4 Å². The first-order valence-electron chi connectivity index (χ1n) is 8.82. The van der Waals surface area contributed by atoms with Crippen LogP contribution in [-0.2, 0) is 16.1 Å². The average Bonchev–Trinajstić information content (AvgIpc) is 2.68. The number of amides is 1. The van der Waals surface area contributed by atoms with Gasteiger partial charge in [-0.1, -0.05) is 43.3 Å². The summed E-state index contributed by atoms with van der Waals surface area (Å²) in [5.41, 5.74) is 2.23. The van der Waals surface area contributed by atoms with Crippen molar-refractivity contribution in [2.45, 2.75) is 25.8 Å². The number of carbonyl (C=O) groups is 1. The van der Waals surface area contributed by atoms with E-state index in [-0.39, 0.29) is 11.8 Å². The Morgan fingerprint density at radius 1 is 1.20 bits per heavy atom. The molecule has 1 aromatic heterocycles. The van der Waals surface area contributed by atoms with Crippen LogP contribution in [0.3, 0.4) is 0 Å². The summed E-state index contributed by atoms with van der Waals surface area (Å²) in [5, 5.41) is 3.04. The molecule has 2 heterocycles. The number of ether oxygens (including phenoxy) is 1. The van der Waals surface area contributed by atoms with Gasteiger partial charge in [0.2, 0.25) is 5.91 Å². The number of hydrogen-bond donors (Lipinski definition) is 1. The second kappa shape index (κ2) is 8.62. The molecule has 1 aliphatic heterocycles. The molecule has 25 heavy (non-hydrogen) atoms. The van der Waals surface area contributed by atoms with Crippen LogP contribution < -0.4 is 10.2 Å². The molecule has 1 amide bonds. The van der Waals surface area contributed by atoms with Crippen LogP contribution in [0.4, 0.5) is 5.82 Å². The summed E-state index contributed by atoms with van der Waals surface area (Å²) in [4.78, 5) is 19.1. The van der Waals surface area contributed by atoms with Crippen molar-refractivity contribution in [3.8, 4) is 0 Å². The zero-order valence-electron chi connectivity index (χ0n) is 14.6. The zero-order valence-corrected chi connectivity index (χ0v) is 14.6. The maximum Gasteiger partial charge on any atom is 0.220 e. The summed E-state index contributed by atoms with van der Waals surface area (Å²) in [5.74, 6) is 1.21. The molecule has 132 valence electrons. The Bertz CT molecular complexity index is 684. The molecule has 1 aromatic carbocycles. The summed E-state index contributed by atoms with van der Waals surface area (Å²) < 4.78 is 5.41. The molecule has 1 aliphatic rings. The van der Waals surface area contributed by atoms with Gasteiger partial charge in [-0.05, 0) is 17.5 Å². The molecule has 2 aromatic rings. The van der Waals surface area contributed by atoms with Crippen molar-refractivity contribution in [2.24, 2.45) is 0 Å². The van der Waals surface area contributed by atoms with E-state index in [2.05, 4.69) is 34.3 Å². The third-order valence-corrected chi connectivity index (χ3v) is 4.51. The minimum absolute atomic E-state index is 0.0631. The lowest BCUT2D eigenvalue weighted by atomic mass is 9.97. The Labute approximate surface area is 149 Å². The summed E-state index contributed by atoms with van der Waals surface area (Å²) in [7, 11) is 0. The third-order valence-electron chi connectivity index (χ3n) is 4.51. The molecule has 1 unspecified atom stereocenters. The first kappa shape index (κ1) is 17.4. The number of pyridine rings is 1. The van der Waals surface area contributed by atoms with Crippen LogP contribution in [-0.4, -0.2) is 37.2 Å². The van der Waals surface area contributed by atoms with Crippen molar-refractivity contribution in [2.75, 3.05) is 31.2 Å². The van der Waals surface area contributed by atoms with E-state index in [1.807, 2.05) is 30.3 Å². The van der Waals surface area contributed by atoms with Crippen molar-refractivity contribution < 1.29 is 9.53 Å². The van der Waals surface area contributed by atoms with E-state index in [1.165, 1.54) is 5.56 Å². The second-order valence-corrected chi connectivity index (χ2v) is 6.38.